The van der Waals surface area contributed by atoms with Crippen LogP contribution in [0.3, 0.4) is 0 Å². The van der Waals surface area contributed by atoms with Gasteiger partial charge in [0.2, 0.25) is 0 Å². The van der Waals surface area contributed by atoms with Crippen molar-refractivity contribution in [3.8, 4) is 5.75 Å². The summed E-state index contributed by atoms with van der Waals surface area (Å²) < 4.78 is 45.6. The number of benzene rings is 1. The Morgan fingerprint density at radius 2 is 1.90 bits per heavy atom. The van der Waals surface area contributed by atoms with Crippen molar-refractivity contribution in [2.45, 2.75) is 31.6 Å². The van der Waals surface area contributed by atoms with Crippen molar-refractivity contribution in [3.05, 3.63) is 29.8 Å². The number of rotatable bonds is 5. The quantitative estimate of drug-likeness (QED) is 0.837. The number of nitrogens with zero attached hydrogens (tertiary/aromatic N) is 1. The molecule has 0 aliphatic heterocycles. The standard InChI is InChI=1S/C14H16F3NO3/c1-20-12-6-2-10(3-7-12)8-18(11-4-5-11)13(19)21-9-14(15,16)17/h2-3,6-7,11H,4-5,8-9H2,1H3. The largest absolute Gasteiger partial charge is 0.497 e. The number of carbonyl (C=O) groups excluding carboxylic acids is 1. The summed E-state index contributed by atoms with van der Waals surface area (Å²) in [5.41, 5.74) is 0.812. The average Bonchev–Trinajstić information content (AvgIpc) is 3.26. The molecule has 1 aromatic rings. The predicted octanol–water partition coefficient (Wildman–Crippen LogP) is 3.36. The van der Waals surface area contributed by atoms with Crippen molar-refractivity contribution in [3.63, 3.8) is 0 Å². The number of hydrogen-bond acceptors (Lipinski definition) is 3. The number of amides is 1. The molecule has 0 aromatic heterocycles. The monoisotopic (exact) mass is 303 g/mol. The van der Waals surface area contributed by atoms with Gasteiger partial charge >= 0.3 is 12.3 Å². The number of hydrogen-bond donors (Lipinski definition) is 0. The Hall–Kier alpha value is -1.92. The van der Waals surface area contributed by atoms with Crippen molar-refractivity contribution >= 4 is 6.09 Å². The smallest absolute Gasteiger partial charge is 0.422 e. The number of methoxy groups -OCH3 is 1. The van der Waals surface area contributed by atoms with E-state index in [1.54, 1.807) is 31.4 Å². The Morgan fingerprint density at radius 1 is 1.29 bits per heavy atom. The van der Waals surface area contributed by atoms with Gasteiger partial charge in [0.15, 0.2) is 6.61 Å². The Bertz CT molecular complexity index is 483. The normalized spacial score (nSPS) is 14.7. The van der Waals surface area contributed by atoms with E-state index in [0.29, 0.717) is 5.75 Å². The minimum atomic E-state index is -4.51. The summed E-state index contributed by atoms with van der Waals surface area (Å²) in [5.74, 6) is 0.677. The van der Waals surface area contributed by atoms with E-state index in [4.69, 9.17) is 4.74 Å². The molecule has 0 spiro atoms. The van der Waals surface area contributed by atoms with Crippen LogP contribution in [0.25, 0.3) is 0 Å². The fourth-order valence-electron chi connectivity index (χ4n) is 1.88. The minimum Gasteiger partial charge on any atom is -0.497 e. The second-order valence-corrected chi connectivity index (χ2v) is 4.88. The predicted molar refractivity (Wildman–Crippen MR) is 69.0 cm³/mol. The molecule has 0 radical (unpaired) electrons. The maximum Gasteiger partial charge on any atom is 0.422 e. The van der Waals surface area contributed by atoms with Crippen LogP contribution in [-0.2, 0) is 11.3 Å². The van der Waals surface area contributed by atoms with Crippen molar-refractivity contribution < 1.29 is 27.4 Å². The first kappa shape index (κ1) is 15.5. The molecule has 0 bridgehead atoms. The van der Waals surface area contributed by atoms with Gasteiger partial charge in [-0.05, 0) is 30.5 Å². The van der Waals surface area contributed by atoms with Crippen LogP contribution >= 0.6 is 0 Å². The summed E-state index contributed by atoms with van der Waals surface area (Å²) in [6, 6.07) is 6.98. The summed E-state index contributed by atoms with van der Waals surface area (Å²) in [5, 5.41) is 0. The molecule has 7 heteroatoms. The topological polar surface area (TPSA) is 38.8 Å². The van der Waals surface area contributed by atoms with Gasteiger partial charge in [0, 0.05) is 12.6 Å². The molecular formula is C14H16F3NO3. The maximum absolute atomic E-state index is 12.1. The van der Waals surface area contributed by atoms with Crippen LogP contribution in [0.2, 0.25) is 0 Å². The second kappa shape index (κ2) is 6.24. The molecule has 0 heterocycles. The van der Waals surface area contributed by atoms with Gasteiger partial charge in [-0.2, -0.15) is 13.2 Å². The van der Waals surface area contributed by atoms with Crippen molar-refractivity contribution in [1.82, 2.24) is 4.90 Å². The third kappa shape index (κ3) is 4.84. The van der Waals surface area contributed by atoms with E-state index < -0.39 is 18.9 Å². The van der Waals surface area contributed by atoms with Crippen LogP contribution < -0.4 is 4.74 Å². The lowest BCUT2D eigenvalue weighted by molar-refractivity contribution is -0.162. The Kier molecular flexibility index (Phi) is 4.59. The van der Waals surface area contributed by atoms with E-state index in [-0.39, 0.29) is 12.6 Å². The highest BCUT2D eigenvalue weighted by Gasteiger charge is 2.36. The van der Waals surface area contributed by atoms with E-state index in [0.717, 1.165) is 18.4 Å². The molecule has 116 valence electrons. The fourth-order valence-corrected chi connectivity index (χ4v) is 1.88. The summed E-state index contributed by atoms with van der Waals surface area (Å²) in [7, 11) is 1.54. The van der Waals surface area contributed by atoms with E-state index in [1.807, 2.05) is 0 Å². The number of halogens is 3. The zero-order chi connectivity index (χ0) is 15.5. The van der Waals surface area contributed by atoms with Crippen LogP contribution in [0.5, 0.6) is 5.75 Å². The summed E-state index contributed by atoms with van der Waals surface area (Å²) in [6.45, 7) is -1.33. The molecule has 0 unspecified atom stereocenters. The second-order valence-electron chi connectivity index (χ2n) is 4.88. The highest BCUT2D eigenvalue weighted by molar-refractivity contribution is 5.68. The van der Waals surface area contributed by atoms with Crippen LogP contribution in [0.4, 0.5) is 18.0 Å². The summed E-state index contributed by atoms with van der Waals surface area (Å²) in [4.78, 5) is 13.1. The first-order valence-corrected chi connectivity index (χ1v) is 6.52. The van der Waals surface area contributed by atoms with Gasteiger partial charge in [-0.15, -0.1) is 0 Å². The number of alkyl halides is 3. The molecule has 2 rings (SSSR count). The number of ether oxygens (including phenoxy) is 2. The van der Waals surface area contributed by atoms with E-state index in [2.05, 4.69) is 4.74 Å². The lowest BCUT2D eigenvalue weighted by Gasteiger charge is -2.22. The highest BCUT2D eigenvalue weighted by Crippen LogP contribution is 2.29. The van der Waals surface area contributed by atoms with Gasteiger partial charge < -0.3 is 14.4 Å². The van der Waals surface area contributed by atoms with Gasteiger partial charge in [-0.1, -0.05) is 12.1 Å². The van der Waals surface area contributed by atoms with Crippen LogP contribution in [0, 0.1) is 0 Å². The van der Waals surface area contributed by atoms with Gasteiger partial charge in [0.25, 0.3) is 0 Å². The van der Waals surface area contributed by atoms with Gasteiger partial charge in [-0.3, -0.25) is 0 Å². The zero-order valence-corrected chi connectivity index (χ0v) is 11.5. The van der Waals surface area contributed by atoms with Gasteiger partial charge in [0.05, 0.1) is 7.11 Å². The molecular weight excluding hydrogens is 287 g/mol. The average molecular weight is 303 g/mol. The fraction of sp³-hybridized carbons (Fsp3) is 0.500. The molecule has 1 saturated carbocycles. The zero-order valence-electron chi connectivity index (χ0n) is 11.5. The van der Waals surface area contributed by atoms with Crippen LogP contribution in [0.15, 0.2) is 24.3 Å². The molecule has 1 fully saturated rings. The summed E-state index contributed by atoms with van der Waals surface area (Å²) in [6.07, 6.45) is -3.86. The molecule has 0 N–H and O–H groups in total. The van der Waals surface area contributed by atoms with Gasteiger partial charge in [0.1, 0.15) is 5.75 Å². The maximum atomic E-state index is 12.1. The Morgan fingerprint density at radius 3 is 2.38 bits per heavy atom. The van der Waals surface area contributed by atoms with E-state index >= 15 is 0 Å². The van der Waals surface area contributed by atoms with E-state index in [1.165, 1.54) is 4.90 Å². The first-order chi connectivity index (χ1) is 9.89. The molecule has 1 aliphatic rings. The Balaban J connectivity index is 1.96. The van der Waals surface area contributed by atoms with Crippen molar-refractivity contribution in [1.29, 1.82) is 0 Å². The lowest BCUT2D eigenvalue weighted by atomic mass is 10.2. The van der Waals surface area contributed by atoms with Crippen LogP contribution in [0.1, 0.15) is 18.4 Å². The lowest BCUT2D eigenvalue weighted by Crippen LogP contribution is -2.35. The van der Waals surface area contributed by atoms with Crippen molar-refractivity contribution in [2.75, 3.05) is 13.7 Å². The van der Waals surface area contributed by atoms with Gasteiger partial charge in [-0.25, -0.2) is 4.79 Å². The highest BCUT2D eigenvalue weighted by atomic mass is 19.4. The third-order valence-corrected chi connectivity index (χ3v) is 3.09. The van der Waals surface area contributed by atoms with Crippen LogP contribution in [-0.4, -0.2) is 36.9 Å². The Labute approximate surface area is 120 Å². The van der Waals surface area contributed by atoms with Crippen molar-refractivity contribution in [2.24, 2.45) is 0 Å². The number of carbonyl (C=O) groups is 1. The molecule has 4 nitrogen and oxygen atoms in total. The molecule has 0 saturated heterocycles. The van der Waals surface area contributed by atoms with E-state index in [9.17, 15) is 18.0 Å². The SMILES string of the molecule is COc1ccc(CN(C(=O)OCC(F)(F)F)C2CC2)cc1. The molecule has 1 amide bonds. The minimum absolute atomic E-state index is 0.0344. The first-order valence-electron chi connectivity index (χ1n) is 6.52. The third-order valence-electron chi connectivity index (χ3n) is 3.09. The molecule has 1 aliphatic carbocycles. The molecule has 1 aromatic carbocycles. The molecule has 0 atom stereocenters. The molecule has 21 heavy (non-hydrogen) atoms. The summed E-state index contributed by atoms with van der Waals surface area (Å²) >= 11 is 0.